The summed E-state index contributed by atoms with van der Waals surface area (Å²) in [5, 5.41) is 20.1. The van der Waals surface area contributed by atoms with Gasteiger partial charge in [-0.25, -0.2) is 0 Å². The first-order valence-corrected chi connectivity index (χ1v) is 11.1. The van der Waals surface area contributed by atoms with E-state index < -0.39 is 22.3 Å². The molecule has 5 N–H and O–H groups in total. The third-order valence-electron chi connectivity index (χ3n) is 4.03. The molecule has 28 heavy (non-hydrogen) atoms. The lowest BCUT2D eigenvalue weighted by molar-refractivity contribution is 0.217. The Kier molecular flexibility index (Phi) is 7.94. The normalized spacial score (nSPS) is 14.3. The van der Waals surface area contributed by atoms with Crippen molar-refractivity contribution < 1.29 is 23.2 Å². The average Bonchev–Trinajstić information content (AvgIpc) is 2.61. The molecule has 1 unspecified atom stereocenters. The Morgan fingerprint density at radius 3 is 2.50 bits per heavy atom. The Morgan fingerprint density at radius 2 is 1.89 bits per heavy atom. The summed E-state index contributed by atoms with van der Waals surface area (Å²) >= 11 is 7.84. The molecule has 0 aromatic heterocycles. The molecule has 2 aromatic carbocycles. The molecule has 0 aliphatic rings. The molecule has 0 aliphatic carbocycles. The fourth-order valence-corrected chi connectivity index (χ4v) is 4.22. The van der Waals surface area contributed by atoms with Crippen molar-refractivity contribution in [3.63, 3.8) is 0 Å². The van der Waals surface area contributed by atoms with Gasteiger partial charge in [0.05, 0.1) is 17.6 Å². The van der Waals surface area contributed by atoms with Crippen molar-refractivity contribution in [1.29, 1.82) is 0 Å². The molecule has 0 saturated carbocycles. The highest BCUT2D eigenvalue weighted by Crippen LogP contribution is 2.32. The van der Waals surface area contributed by atoms with Crippen molar-refractivity contribution in [1.82, 2.24) is 0 Å². The lowest BCUT2D eigenvalue weighted by Crippen LogP contribution is -2.41. The SMILES string of the molecule is NC(C=CS(=O)(=O)O)(CO)CCCc1ccc(Sc2cccc(O)c2)cc1Cl. The number of halogens is 1. The molecule has 9 heteroatoms. The van der Waals surface area contributed by atoms with E-state index in [0.29, 0.717) is 29.7 Å². The Hall–Kier alpha value is -1.55. The quantitative estimate of drug-likeness (QED) is 0.437. The smallest absolute Gasteiger partial charge is 0.287 e. The molecular formula is C19H22ClNO5S2. The summed E-state index contributed by atoms with van der Waals surface area (Å²) in [6.45, 7) is -0.452. The van der Waals surface area contributed by atoms with Crippen LogP contribution in [0.2, 0.25) is 5.02 Å². The van der Waals surface area contributed by atoms with E-state index in [9.17, 15) is 18.6 Å². The molecule has 0 heterocycles. The number of nitrogens with two attached hydrogens (primary N) is 1. The number of phenolic OH excluding ortho intramolecular Hbond substituents is 1. The van der Waals surface area contributed by atoms with Crippen molar-refractivity contribution in [2.45, 2.75) is 34.6 Å². The fraction of sp³-hybridized carbons (Fsp3) is 0.263. The highest BCUT2D eigenvalue weighted by Gasteiger charge is 2.21. The van der Waals surface area contributed by atoms with E-state index in [1.807, 2.05) is 24.3 Å². The summed E-state index contributed by atoms with van der Waals surface area (Å²) in [4.78, 5) is 1.82. The molecule has 152 valence electrons. The van der Waals surface area contributed by atoms with E-state index in [1.54, 1.807) is 18.2 Å². The fourth-order valence-electron chi connectivity index (χ4n) is 2.52. The minimum Gasteiger partial charge on any atom is -0.508 e. The largest absolute Gasteiger partial charge is 0.508 e. The van der Waals surface area contributed by atoms with Gasteiger partial charge in [-0.1, -0.05) is 35.5 Å². The maximum absolute atomic E-state index is 10.8. The van der Waals surface area contributed by atoms with E-state index in [0.717, 1.165) is 21.4 Å². The van der Waals surface area contributed by atoms with Gasteiger partial charge in [-0.15, -0.1) is 0 Å². The summed E-state index contributed by atoms with van der Waals surface area (Å²) in [6.07, 6.45) is 2.56. The molecular weight excluding hydrogens is 422 g/mol. The summed E-state index contributed by atoms with van der Waals surface area (Å²) in [7, 11) is -4.30. The Balaban J connectivity index is 1.98. The van der Waals surface area contributed by atoms with Crippen LogP contribution in [-0.2, 0) is 16.5 Å². The Bertz CT molecular complexity index is 949. The van der Waals surface area contributed by atoms with Gasteiger partial charge in [-0.2, -0.15) is 8.42 Å². The average molecular weight is 444 g/mol. The van der Waals surface area contributed by atoms with Gasteiger partial charge in [-0.3, -0.25) is 4.55 Å². The Labute approximate surface area is 173 Å². The number of aryl methyl sites for hydroxylation is 1. The van der Waals surface area contributed by atoms with Crippen molar-refractivity contribution in [3.05, 3.63) is 64.5 Å². The lowest BCUT2D eigenvalue weighted by Gasteiger charge is -2.23. The summed E-state index contributed by atoms with van der Waals surface area (Å²) in [6, 6.07) is 12.6. The standard InChI is InChI=1S/C19H22ClNO5S2/c20-18-12-17(27-16-5-1-4-15(23)11-16)7-6-14(18)3-2-8-19(21,13-22)9-10-28(24,25)26/h1,4-7,9-12,22-23H,2-3,8,13,21H2,(H,24,25,26). The van der Waals surface area contributed by atoms with Crippen LogP contribution in [-0.4, -0.2) is 35.3 Å². The van der Waals surface area contributed by atoms with Crippen LogP contribution in [0.15, 0.2) is 63.7 Å². The predicted molar refractivity (Wildman–Crippen MR) is 111 cm³/mol. The van der Waals surface area contributed by atoms with Gasteiger partial charge in [0.1, 0.15) is 5.75 Å². The molecule has 0 spiro atoms. The van der Waals surface area contributed by atoms with Crippen LogP contribution < -0.4 is 5.73 Å². The molecule has 0 saturated heterocycles. The maximum Gasteiger partial charge on any atom is 0.287 e. The summed E-state index contributed by atoms with van der Waals surface area (Å²) in [5.41, 5.74) is 5.62. The van der Waals surface area contributed by atoms with Crippen LogP contribution in [0.25, 0.3) is 0 Å². The second kappa shape index (κ2) is 9.78. The molecule has 2 rings (SSSR count). The van der Waals surface area contributed by atoms with Crippen molar-refractivity contribution in [3.8, 4) is 5.75 Å². The van der Waals surface area contributed by atoms with Crippen LogP contribution in [0, 0.1) is 0 Å². The Morgan fingerprint density at radius 1 is 1.18 bits per heavy atom. The number of hydrogen-bond donors (Lipinski definition) is 4. The van der Waals surface area contributed by atoms with Crippen LogP contribution in [0.1, 0.15) is 18.4 Å². The first kappa shape index (κ1) is 22.7. The highest BCUT2D eigenvalue weighted by atomic mass is 35.5. The molecule has 0 aliphatic heterocycles. The number of phenols is 1. The van der Waals surface area contributed by atoms with Crippen molar-refractivity contribution in [2.24, 2.45) is 5.73 Å². The number of aliphatic hydroxyl groups excluding tert-OH is 1. The molecule has 6 nitrogen and oxygen atoms in total. The number of benzene rings is 2. The van der Waals surface area contributed by atoms with Gasteiger partial charge in [0.2, 0.25) is 0 Å². The predicted octanol–water partition coefficient (Wildman–Crippen LogP) is 3.61. The first-order chi connectivity index (χ1) is 13.1. The van der Waals surface area contributed by atoms with E-state index >= 15 is 0 Å². The molecule has 2 aromatic rings. The number of rotatable bonds is 9. The lowest BCUT2D eigenvalue weighted by atomic mass is 9.93. The van der Waals surface area contributed by atoms with Gasteiger partial charge in [0.25, 0.3) is 10.1 Å². The van der Waals surface area contributed by atoms with Gasteiger partial charge < -0.3 is 15.9 Å². The molecule has 0 fully saturated rings. The van der Waals surface area contributed by atoms with Crippen LogP contribution >= 0.6 is 23.4 Å². The van der Waals surface area contributed by atoms with Crippen LogP contribution in [0.3, 0.4) is 0 Å². The van der Waals surface area contributed by atoms with Crippen molar-refractivity contribution in [2.75, 3.05) is 6.61 Å². The topological polar surface area (TPSA) is 121 Å². The summed E-state index contributed by atoms with van der Waals surface area (Å²) in [5.74, 6) is 0.199. The van der Waals surface area contributed by atoms with E-state index in [-0.39, 0.29) is 5.75 Å². The van der Waals surface area contributed by atoms with E-state index in [1.165, 1.54) is 11.8 Å². The molecule has 1 atom stereocenters. The molecule has 0 bridgehead atoms. The minimum absolute atomic E-state index is 0.199. The van der Waals surface area contributed by atoms with E-state index in [4.69, 9.17) is 21.9 Å². The second-order valence-electron chi connectivity index (χ2n) is 6.42. The minimum atomic E-state index is -4.30. The second-order valence-corrected chi connectivity index (χ2v) is 9.27. The van der Waals surface area contributed by atoms with Gasteiger partial charge >= 0.3 is 0 Å². The van der Waals surface area contributed by atoms with Crippen LogP contribution in [0.4, 0.5) is 0 Å². The first-order valence-electron chi connectivity index (χ1n) is 8.42. The van der Waals surface area contributed by atoms with Crippen LogP contribution in [0.5, 0.6) is 5.75 Å². The van der Waals surface area contributed by atoms with E-state index in [2.05, 4.69) is 0 Å². The number of aromatic hydroxyl groups is 1. The zero-order chi connectivity index (χ0) is 20.8. The molecule has 0 amide bonds. The van der Waals surface area contributed by atoms with Gasteiger partial charge in [0.15, 0.2) is 0 Å². The maximum atomic E-state index is 10.8. The zero-order valence-corrected chi connectivity index (χ0v) is 17.3. The third kappa shape index (κ3) is 7.46. The number of aliphatic hydroxyl groups is 1. The van der Waals surface area contributed by atoms with Crippen molar-refractivity contribution >= 4 is 33.5 Å². The third-order valence-corrected chi connectivity index (χ3v) is 5.84. The van der Waals surface area contributed by atoms with Gasteiger partial charge in [0, 0.05) is 14.8 Å². The zero-order valence-electron chi connectivity index (χ0n) is 15.0. The monoisotopic (exact) mass is 443 g/mol. The summed E-state index contributed by atoms with van der Waals surface area (Å²) < 4.78 is 30.4. The number of hydrogen-bond acceptors (Lipinski definition) is 6. The highest BCUT2D eigenvalue weighted by molar-refractivity contribution is 7.99. The van der Waals surface area contributed by atoms with Gasteiger partial charge in [-0.05, 0) is 61.2 Å². The molecule has 0 radical (unpaired) electrons.